The van der Waals surface area contributed by atoms with E-state index in [2.05, 4.69) is 0 Å². The molecule has 8 nitrogen and oxygen atoms in total. The van der Waals surface area contributed by atoms with Gasteiger partial charge in [0.1, 0.15) is 18.3 Å². The van der Waals surface area contributed by atoms with Gasteiger partial charge in [0.05, 0.1) is 18.1 Å². The van der Waals surface area contributed by atoms with Gasteiger partial charge in [-0.1, -0.05) is 27.7 Å². The summed E-state index contributed by atoms with van der Waals surface area (Å²) in [6, 6.07) is 0. The molecular formula is C22H33ClO8. The predicted molar refractivity (Wildman–Crippen MR) is 112 cm³/mol. The molecule has 0 spiro atoms. The first-order valence-corrected chi connectivity index (χ1v) is 11.2. The number of rotatable bonds is 9. The second-order valence-electron chi connectivity index (χ2n) is 9.13. The van der Waals surface area contributed by atoms with E-state index in [4.69, 9.17) is 30.5 Å². The van der Waals surface area contributed by atoms with E-state index < -0.39 is 41.8 Å². The van der Waals surface area contributed by atoms with Crippen molar-refractivity contribution in [3.8, 4) is 0 Å². The van der Waals surface area contributed by atoms with E-state index in [1.165, 1.54) is 13.2 Å². The Morgan fingerprint density at radius 1 is 1.16 bits per heavy atom. The summed E-state index contributed by atoms with van der Waals surface area (Å²) in [4.78, 5) is 35.9. The second kappa shape index (κ2) is 10.7. The van der Waals surface area contributed by atoms with E-state index in [0.29, 0.717) is 5.57 Å². The van der Waals surface area contributed by atoms with Crippen molar-refractivity contribution in [3.05, 3.63) is 11.8 Å². The van der Waals surface area contributed by atoms with Crippen LogP contribution >= 0.6 is 11.6 Å². The van der Waals surface area contributed by atoms with Gasteiger partial charge in [-0.3, -0.25) is 14.4 Å². The van der Waals surface area contributed by atoms with Crippen LogP contribution in [-0.2, 0) is 33.3 Å². The number of fused-ring (bicyclic) bond motifs is 1. The quantitative estimate of drug-likeness (QED) is 0.318. The maximum Gasteiger partial charge on any atom is 0.309 e. The van der Waals surface area contributed by atoms with Gasteiger partial charge in [0.2, 0.25) is 6.29 Å². The van der Waals surface area contributed by atoms with E-state index in [1.54, 1.807) is 0 Å². The van der Waals surface area contributed by atoms with Crippen LogP contribution in [0.3, 0.4) is 0 Å². The lowest BCUT2D eigenvalue weighted by Gasteiger charge is -2.40. The standard InChI is InChI=1S/C22H33ClO8/c1-12(2)6-18(25)28-9-15-10-29-21(31-19(26)7-13(3)4)20-16(15)8-17(30-14(5)24)22(20,27)11-23/h10,12-13,16-17,20-21,27H,6-9,11H2,1-5H3/t16-,17-,20+,21-,22+/m1/s1. The van der Waals surface area contributed by atoms with Gasteiger partial charge in [-0.25, -0.2) is 0 Å². The van der Waals surface area contributed by atoms with Crippen molar-refractivity contribution < 1.29 is 38.4 Å². The van der Waals surface area contributed by atoms with Gasteiger partial charge in [0.15, 0.2) is 0 Å². The number of halogens is 1. The summed E-state index contributed by atoms with van der Waals surface area (Å²) in [5.41, 5.74) is -1.07. The monoisotopic (exact) mass is 460 g/mol. The molecule has 0 bridgehead atoms. The molecule has 0 saturated heterocycles. The summed E-state index contributed by atoms with van der Waals surface area (Å²) < 4.78 is 21.9. The molecule has 1 aliphatic heterocycles. The molecule has 1 fully saturated rings. The molecule has 0 amide bonds. The maximum atomic E-state index is 12.3. The van der Waals surface area contributed by atoms with E-state index >= 15 is 0 Å². The lowest BCUT2D eigenvalue weighted by molar-refractivity contribution is -0.211. The molecule has 2 rings (SSSR count). The lowest BCUT2D eigenvalue weighted by atomic mass is 9.81. The topological polar surface area (TPSA) is 108 Å². The van der Waals surface area contributed by atoms with Crippen LogP contribution in [0.5, 0.6) is 0 Å². The third-order valence-electron chi connectivity index (χ3n) is 5.48. The van der Waals surface area contributed by atoms with Gasteiger partial charge in [-0.05, 0) is 18.3 Å². The van der Waals surface area contributed by atoms with Crippen LogP contribution in [0.4, 0.5) is 0 Å². The molecule has 1 aliphatic carbocycles. The van der Waals surface area contributed by atoms with Gasteiger partial charge in [0, 0.05) is 31.3 Å². The molecule has 0 aromatic heterocycles. The van der Waals surface area contributed by atoms with E-state index in [9.17, 15) is 19.5 Å². The Labute approximate surface area is 188 Å². The van der Waals surface area contributed by atoms with Crippen molar-refractivity contribution in [1.29, 1.82) is 0 Å². The minimum Gasteiger partial charge on any atom is -0.462 e. The summed E-state index contributed by atoms with van der Waals surface area (Å²) in [7, 11) is 0. The third-order valence-corrected chi connectivity index (χ3v) is 5.91. The lowest BCUT2D eigenvalue weighted by Crippen LogP contribution is -2.53. The molecule has 9 heteroatoms. The Balaban J connectivity index is 2.27. The molecule has 2 aliphatic rings. The fourth-order valence-electron chi connectivity index (χ4n) is 4.11. The van der Waals surface area contributed by atoms with Crippen LogP contribution in [0.25, 0.3) is 0 Å². The number of carbonyl (C=O) groups excluding carboxylic acids is 3. The molecule has 31 heavy (non-hydrogen) atoms. The predicted octanol–water partition coefficient (Wildman–Crippen LogP) is 2.94. The van der Waals surface area contributed by atoms with Crippen LogP contribution in [0.15, 0.2) is 11.8 Å². The molecule has 0 aromatic rings. The Morgan fingerprint density at radius 3 is 2.32 bits per heavy atom. The fourth-order valence-corrected chi connectivity index (χ4v) is 4.46. The first-order valence-electron chi connectivity index (χ1n) is 10.6. The molecule has 5 atom stereocenters. The van der Waals surface area contributed by atoms with E-state index in [0.717, 1.165) is 0 Å². The van der Waals surface area contributed by atoms with Crippen molar-refractivity contribution in [1.82, 2.24) is 0 Å². The molecule has 176 valence electrons. The number of hydrogen-bond donors (Lipinski definition) is 1. The number of ether oxygens (including phenoxy) is 4. The highest BCUT2D eigenvalue weighted by atomic mass is 35.5. The van der Waals surface area contributed by atoms with Crippen molar-refractivity contribution in [2.45, 2.75) is 71.9 Å². The normalized spacial score (nSPS) is 29.8. The molecule has 1 heterocycles. The average molecular weight is 461 g/mol. The summed E-state index contributed by atoms with van der Waals surface area (Å²) in [5.74, 6) is -2.58. The minimum atomic E-state index is -1.68. The first kappa shape index (κ1) is 25.5. The maximum absolute atomic E-state index is 12.3. The summed E-state index contributed by atoms with van der Waals surface area (Å²) in [5, 5.41) is 11.4. The summed E-state index contributed by atoms with van der Waals surface area (Å²) in [6.45, 7) is 8.81. The Hall–Kier alpha value is -1.80. The van der Waals surface area contributed by atoms with E-state index in [-0.39, 0.29) is 49.6 Å². The van der Waals surface area contributed by atoms with Crippen molar-refractivity contribution in [3.63, 3.8) is 0 Å². The van der Waals surface area contributed by atoms with Gasteiger partial charge < -0.3 is 24.1 Å². The smallest absolute Gasteiger partial charge is 0.309 e. The average Bonchev–Trinajstić information content (AvgIpc) is 2.93. The van der Waals surface area contributed by atoms with Crippen molar-refractivity contribution in [2.75, 3.05) is 12.5 Å². The Kier molecular flexibility index (Phi) is 8.77. The van der Waals surface area contributed by atoms with Gasteiger partial charge in [0.25, 0.3) is 0 Å². The third kappa shape index (κ3) is 6.35. The fraction of sp³-hybridized carbons (Fsp3) is 0.773. The zero-order valence-corrected chi connectivity index (χ0v) is 19.5. The van der Waals surface area contributed by atoms with Crippen LogP contribution < -0.4 is 0 Å². The molecule has 1 saturated carbocycles. The molecule has 0 radical (unpaired) electrons. The van der Waals surface area contributed by atoms with Crippen LogP contribution in [0.2, 0.25) is 0 Å². The number of esters is 3. The van der Waals surface area contributed by atoms with Gasteiger partial charge in [-0.15, -0.1) is 11.6 Å². The zero-order chi connectivity index (χ0) is 23.3. The van der Waals surface area contributed by atoms with E-state index in [1.807, 2.05) is 27.7 Å². The van der Waals surface area contributed by atoms with Gasteiger partial charge >= 0.3 is 17.9 Å². The Morgan fingerprint density at radius 2 is 1.77 bits per heavy atom. The SMILES string of the molecule is CC(=O)O[C@@H]1C[C@@H]2C(COC(=O)CC(C)C)=CO[C@H](OC(=O)CC(C)C)[C@H]2[C@]1(O)CCl. The zero-order valence-electron chi connectivity index (χ0n) is 18.8. The molecular weight excluding hydrogens is 428 g/mol. The van der Waals surface area contributed by atoms with Crippen LogP contribution in [0.1, 0.15) is 53.9 Å². The highest BCUT2D eigenvalue weighted by Gasteiger charge is 2.62. The number of alkyl halides is 1. The summed E-state index contributed by atoms with van der Waals surface area (Å²) >= 11 is 6.12. The largest absolute Gasteiger partial charge is 0.462 e. The van der Waals surface area contributed by atoms with Crippen molar-refractivity contribution in [2.24, 2.45) is 23.7 Å². The van der Waals surface area contributed by atoms with Crippen LogP contribution in [-0.4, -0.2) is 53.5 Å². The molecule has 0 aromatic carbocycles. The van der Waals surface area contributed by atoms with Crippen LogP contribution in [0, 0.1) is 23.7 Å². The number of hydrogen-bond acceptors (Lipinski definition) is 8. The first-order chi connectivity index (χ1) is 14.5. The number of carbonyl (C=O) groups is 3. The summed E-state index contributed by atoms with van der Waals surface area (Å²) in [6.07, 6.45) is 0.0907. The highest BCUT2D eigenvalue weighted by molar-refractivity contribution is 6.18. The second-order valence-corrected chi connectivity index (χ2v) is 9.40. The molecule has 0 unspecified atom stereocenters. The van der Waals surface area contributed by atoms with Crippen molar-refractivity contribution >= 4 is 29.5 Å². The molecule has 1 N–H and O–H groups in total. The number of aliphatic hydroxyl groups is 1. The Bertz CT molecular complexity index is 704. The minimum absolute atomic E-state index is 0.0372. The highest BCUT2D eigenvalue weighted by Crippen LogP contribution is 2.51. The van der Waals surface area contributed by atoms with Gasteiger partial charge in [-0.2, -0.15) is 0 Å².